The van der Waals surface area contributed by atoms with Crippen LogP contribution in [0.3, 0.4) is 0 Å². The Morgan fingerprint density at radius 2 is 1.71 bits per heavy atom. The Labute approximate surface area is 121 Å². The van der Waals surface area contributed by atoms with Gasteiger partial charge in [-0.25, -0.2) is 0 Å². The summed E-state index contributed by atoms with van der Waals surface area (Å²) in [5.74, 6) is -0.407. The van der Waals surface area contributed by atoms with Crippen LogP contribution in [0.25, 0.3) is 11.1 Å². The monoisotopic (exact) mass is 317 g/mol. The predicted octanol–water partition coefficient (Wildman–Crippen LogP) is 4.81. The first kappa shape index (κ1) is 15.1. The van der Waals surface area contributed by atoms with E-state index in [2.05, 4.69) is 4.74 Å². The summed E-state index contributed by atoms with van der Waals surface area (Å²) in [6, 6.07) is 8.71. The lowest BCUT2D eigenvalue weighted by Gasteiger charge is -2.09. The van der Waals surface area contributed by atoms with Gasteiger partial charge >= 0.3 is 6.36 Å². The van der Waals surface area contributed by atoms with Gasteiger partial charge in [0.2, 0.25) is 0 Å². The Bertz CT molecular complexity index is 671. The number of rotatable bonds is 3. The highest BCUT2D eigenvalue weighted by Gasteiger charge is 2.31. The minimum atomic E-state index is -4.79. The van der Waals surface area contributed by atoms with Gasteiger partial charge in [0.1, 0.15) is 5.75 Å². The van der Waals surface area contributed by atoms with Crippen molar-refractivity contribution in [1.29, 1.82) is 0 Å². The van der Waals surface area contributed by atoms with E-state index in [1.165, 1.54) is 30.3 Å². The Morgan fingerprint density at radius 1 is 1.10 bits per heavy atom. The fourth-order valence-corrected chi connectivity index (χ4v) is 1.91. The number of alkyl halides is 3. The normalized spacial score (nSPS) is 11.2. The Balaban J connectivity index is 2.39. The van der Waals surface area contributed by atoms with Crippen molar-refractivity contribution < 1.29 is 22.8 Å². The van der Waals surface area contributed by atoms with Crippen molar-refractivity contribution in [2.24, 2.45) is 0 Å². The van der Waals surface area contributed by atoms with Gasteiger partial charge < -0.3 is 4.74 Å². The number of nitrogens with zero attached hydrogens (tertiary/aromatic N) is 1. The maximum Gasteiger partial charge on any atom is 0.573 e. The molecule has 0 heterocycles. The highest BCUT2D eigenvalue weighted by molar-refractivity contribution is 6.31. The van der Waals surface area contributed by atoms with E-state index in [0.717, 1.165) is 12.1 Å². The van der Waals surface area contributed by atoms with Crippen molar-refractivity contribution in [2.45, 2.75) is 6.36 Å². The quantitative estimate of drug-likeness (QED) is 0.602. The maximum absolute atomic E-state index is 12.1. The molecule has 0 N–H and O–H groups in total. The molecule has 0 bridgehead atoms. The average molecular weight is 318 g/mol. The smallest absolute Gasteiger partial charge is 0.406 e. The molecule has 0 radical (unpaired) electrons. The van der Waals surface area contributed by atoms with E-state index in [4.69, 9.17) is 11.6 Å². The number of halogens is 4. The molecule has 0 spiro atoms. The number of nitro groups is 1. The largest absolute Gasteiger partial charge is 0.573 e. The molecule has 0 aromatic heterocycles. The maximum atomic E-state index is 12.1. The van der Waals surface area contributed by atoms with Crippen LogP contribution < -0.4 is 4.74 Å². The van der Waals surface area contributed by atoms with Gasteiger partial charge in [-0.1, -0.05) is 23.7 Å². The van der Waals surface area contributed by atoms with E-state index in [9.17, 15) is 23.3 Å². The van der Waals surface area contributed by atoms with Crippen LogP contribution in [0, 0.1) is 10.1 Å². The third-order valence-electron chi connectivity index (χ3n) is 2.55. The molecule has 0 aliphatic rings. The van der Waals surface area contributed by atoms with Gasteiger partial charge in [0, 0.05) is 11.1 Å². The molecule has 2 aromatic carbocycles. The number of hydrogen-bond acceptors (Lipinski definition) is 3. The SMILES string of the molecule is O=[N+]([O-])c1ccc(Cl)cc1-c1ccc(OC(F)(F)F)cc1. The molecule has 0 saturated heterocycles. The zero-order valence-corrected chi connectivity index (χ0v) is 11.0. The Kier molecular flexibility index (Phi) is 4.04. The summed E-state index contributed by atoms with van der Waals surface area (Å²) >= 11 is 5.79. The van der Waals surface area contributed by atoms with E-state index < -0.39 is 17.0 Å². The van der Waals surface area contributed by atoms with Gasteiger partial charge in [-0.2, -0.15) is 0 Å². The topological polar surface area (TPSA) is 52.4 Å². The fraction of sp³-hybridized carbons (Fsp3) is 0.0769. The van der Waals surface area contributed by atoms with Gasteiger partial charge in [0.15, 0.2) is 0 Å². The van der Waals surface area contributed by atoms with Crippen molar-refractivity contribution in [3.63, 3.8) is 0 Å². The predicted molar refractivity (Wildman–Crippen MR) is 70.2 cm³/mol. The van der Waals surface area contributed by atoms with E-state index >= 15 is 0 Å². The van der Waals surface area contributed by atoms with Gasteiger partial charge in [-0.15, -0.1) is 13.2 Å². The Morgan fingerprint density at radius 3 is 2.24 bits per heavy atom. The van der Waals surface area contributed by atoms with Crippen LogP contribution >= 0.6 is 11.6 Å². The van der Waals surface area contributed by atoms with Crippen molar-refractivity contribution in [1.82, 2.24) is 0 Å². The summed E-state index contributed by atoms with van der Waals surface area (Å²) in [4.78, 5) is 10.4. The standard InChI is InChI=1S/C13H7ClF3NO3/c14-9-3-6-12(18(19)20)11(7-9)8-1-4-10(5-2-8)21-13(15,16)17/h1-7H. The van der Waals surface area contributed by atoms with Gasteiger partial charge in [0.05, 0.1) is 10.5 Å². The first-order chi connectivity index (χ1) is 9.76. The van der Waals surface area contributed by atoms with Gasteiger partial charge in [-0.05, 0) is 29.8 Å². The Hall–Kier alpha value is -2.28. The van der Waals surface area contributed by atoms with E-state index in [1.807, 2.05) is 0 Å². The average Bonchev–Trinajstić information content (AvgIpc) is 2.37. The van der Waals surface area contributed by atoms with Crippen LogP contribution in [-0.4, -0.2) is 11.3 Å². The van der Waals surface area contributed by atoms with Crippen molar-refractivity contribution in [2.75, 3.05) is 0 Å². The summed E-state index contributed by atoms with van der Waals surface area (Å²) in [5, 5.41) is 11.2. The molecule has 0 saturated carbocycles. The van der Waals surface area contributed by atoms with E-state index in [0.29, 0.717) is 5.56 Å². The zero-order chi connectivity index (χ0) is 15.6. The van der Waals surface area contributed by atoms with Crippen LogP contribution in [0.2, 0.25) is 5.02 Å². The third-order valence-corrected chi connectivity index (χ3v) is 2.79. The molecule has 0 fully saturated rings. The van der Waals surface area contributed by atoms with Crippen LogP contribution in [0.4, 0.5) is 18.9 Å². The summed E-state index contributed by atoms with van der Waals surface area (Å²) in [6.07, 6.45) is -4.79. The summed E-state index contributed by atoms with van der Waals surface area (Å²) in [7, 11) is 0. The zero-order valence-electron chi connectivity index (χ0n) is 10.2. The molecular formula is C13H7ClF3NO3. The second-order valence-electron chi connectivity index (χ2n) is 3.99. The molecule has 0 aliphatic carbocycles. The van der Waals surface area contributed by atoms with Crippen LogP contribution in [0.1, 0.15) is 0 Å². The first-order valence-electron chi connectivity index (χ1n) is 5.56. The number of benzene rings is 2. The summed E-state index contributed by atoms with van der Waals surface area (Å²) in [5.41, 5.74) is 0.383. The minimum absolute atomic E-state index is 0.191. The number of hydrogen-bond donors (Lipinski definition) is 0. The third kappa shape index (κ3) is 3.85. The highest BCUT2D eigenvalue weighted by Crippen LogP contribution is 2.33. The second-order valence-corrected chi connectivity index (χ2v) is 4.43. The molecule has 110 valence electrons. The molecule has 0 amide bonds. The molecule has 0 unspecified atom stereocenters. The molecule has 8 heteroatoms. The lowest BCUT2D eigenvalue weighted by atomic mass is 10.0. The van der Waals surface area contributed by atoms with E-state index in [1.54, 1.807) is 0 Å². The van der Waals surface area contributed by atoms with Crippen LogP contribution in [0.5, 0.6) is 5.75 Å². The first-order valence-corrected chi connectivity index (χ1v) is 5.94. The van der Waals surface area contributed by atoms with Crippen LogP contribution in [-0.2, 0) is 0 Å². The fourth-order valence-electron chi connectivity index (χ4n) is 1.73. The molecule has 2 aromatic rings. The van der Waals surface area contributed by atoms with Crippen molar-refractivity contribution in [3.05, 3.63) is 57.6 Å². The molecule has 4 nitrogen and oxygen atoms in total. The van der Waals surface area contributed by atoms with E-state index in [-0.39, 0.29) is 16.3 Å². The highest BCUT2D eigenvalue weighted by atomic mass is 35.5. The lowest BCUT2D eigenvalue weighted by molar-refractivity contribution is -0.384. The van der Waals surface area contributed by atoms with Gasteiger partial charge in [0.25, 0.3) is 5.69 Å². The molecule has 0 atom stereocenters. The van der Waals surface area contributed by atoms with Crippen molar-refractivity contribution >= 4 is 17.3 Å². The molecular weight excluding hydrogens is 311 g/mol. The molecule has 21 heavy (non-hydrogen) atoms. The van der Waals surface area contributed by atoms with Crippen molar-refractivity contribution in [3.8, 4) is 16.9 Å². The minimum Gasteiger partial charge on any atom is -0.406 e. The number of ether oxygens (including phenoxy) is 1. The lowest BCUT2D eigenvalue weighted by Crippen LogP contribution is -2.16. The molecule has 0 aliphatic heterocycles. The van der Waals surface area contributed by atoms with Gasteiger partial charge in [-0.3, -0.25) is 10.1 Å². The van der Waals surface area contributed by atoms with Crippen LogP contribution in [0.15, 0.2) is 42.5 Å². The summed E-state index contributed by atoms with van der Waals surface area (Å²) < 4.78 is 39.9. The molecule has 2 rings (SSSR count). The summed E-state index contributed by atoms with van der Waals surface area (Å²) in [6.45, 7) is 0. The number of nitro benzene ring substituents is 1. The second kappa shape index (κ2) is 5.61.